The summed E-state index contributed by atoms with van der Waals surface area (Å²) in [5.74, 6) is -0.983. The molecule has 1 rings (SSSR count). The molecule has 2 N–H and O–H groups in total. The molecule has 0 saturated carbocycles. The van der Waals surface area contributed by atoms with Crippen LogP contribution in [-0.2, 0) is 9.59 Å². The van der Waals surface area contributed by atoms with Gasteiger partial charge in [0.2, 0.25) is 5.91 Å². The first-order valence-corrected chi connectivity index (χ1v) is 7.34. The molecule has 1 aromatic rings. The first-order chi connectivity index (χ1) is 10.0. The van der Waals surface area contributed by atoms with Crippen LogP contribution in [0.15, 0.2) is 24.3 Å². The monoisotopic (exact) mass is 289 g/mol. The molecule has 0 aliphatic heterocycles. The number of carboxylic acids is 1. The van der Waals surface area contributed by atoms with Gasteiger partial charge in [-0.05, 0) is 42.7 Å². The molecule has 0 aliphatic rings. The normalized spacial score (nSPS) is 10.8. The fourth-order valence-electron chi connectivity index (χ4n) is 1.99. The van der Waals surface area contributed by atoms with Crippen LogP contribution in [0.25, 0.3) is 6.08 Å². The highest BCUT2D eigenvalue weighted by molar-refractivity contribution is 5.91. The molecule has 4 nitrogen and oxygen atoms in total. The fourth-order valence-corrected chi connectivity index (χ4v) is 1.99. The van der Waals surface area contributed by atoms with E-state index in [2.05, 4.69) is 12.2 Å². The van der Waals surface area contributed by atoms with Crippen LogP contribution in [0.2, 0.25) is 0 Å². The third-order valence-electron chi connectivity index (χ3n) is 3.23. The van der Waals surface area contributed by atoms with E-state index in [1.165, 1.54) is 6.08 Å². The third-order valence-corrected chi connectivity index (χ3v) is 3.23. The van der Waals surface area contributed by atoms with Crippen molar-refractivity contribution in [2.75, 3.05) is 5.32 Å². The Kier molecular flexibility index (Phi) is 7.23. The van der Waals surface area contributed by atoms with Crippen LogP contribution in [0.3, 0.4) is 0 Å². The van der Waals surface area contributed by atoms with Crippen LogP contribution in [-0.4, -0.2) is 17.0 Å². The molecule has 0 saturated heterocycles. The van der Waals surface area contributed by atoms with E-state index >= 15 is 0 Å². The molecule has 0 spiro atoms. The van der Waals surface area contributed by atoms with E-state index in [1.54, 1.807) is 6.07 Å². The van der Waals surface area contributed by atoms with E-state index in [0.29, 0.717) is 12.1 Å². The summed E-state index contributed by atoms with van der Waals surface area (Å²) in [6.45, 7) is 4.04. The number of unbranched alkanes of at least 4 members (excludes halogenated alkanes) is 3. The van der Waals surface area contributed by atoms with Crippen molar-refractivity contribution >= 4 is 23.6 Å². The molecule has 4 heteroatoms. The van der Waals surface area contributed by atoms with E-state index in [4.69, 9.17) is 5.11 Å². The van der Waals surface area contributed by atoms with Gasteiger partial charge >= 0.3 is 5.97 Å². The largest absolute Gasteiger partial charge is 0.478 e. The molecule has 1 aromatic carbocycles. The molecular formula is C17H23NO3. The number of rotatable bonds is 8. The Balaban J connectivity index is 2.61. The van der Waals surface area contributed by atoms with Crippen LogP contribution < -0.4 is 5.32 Å². The maximum Gasteiger partial charge on any atom is 0.328 e. The molecule has 114 valence electrons. The van der Waals surface area contributed by atoms with Crippen LogP contribution in [0.4, 0.5) is 5.69 Å². The van der Waals surface area contributed by atoms with E-state index in [1.807, 2.05) is 19.1 Å². The Morgan fingerprint density at radius 1 is 1.24 bits per heavy atom. The molecular weight excluding hydrogens is 266 g/mol. The Bertz CT molecular complexity index is 521. The third kappa shape index (κ3) is 6.75. The van der Waals surface area contributed by atoms with Crippen molar-refractivity contribution in [1.82, 2.24) is 0 Å². The van der Waals surface area contributed by atoms with Crippen molar-refractivity contribution in [3.8, 4) is 0 Å². The lowest BCUT2D eigenvalue weighted by atomic mass is 10.1. The maximum absolute atomic E-state index is 11.8. The summed E-state index contributed by atoms with van der Waals surface area (Å²) >= 11 is 0. The summed E-state index contributed by atoms with van der Waals surface area (Å²) in [6.07, 6.45) is 7.43. The molecule has 0 unspecified atom stereocenters. The van der Waals surface area contributed by atoms with Crippen LogP contribution in [0.1, 0.15) is 50.2 Å². The molecule has 0 radical (unpaired) electrons. The number of carboxylic acid groups (broad SMARTS) is 1. The number of aryl methyl sites for hydroxylation is 1. The van der Waals surface area contributed by atoms with Crippen LogP contribution in [0.5, 0.6) is 0 Å². The average Bonchev–Trinajstić information content (AvgIpc) is 2.44. The number of carbonyl (C=O) groups excluding carboxylic acids is 1. The molecule has 0 fully saturated rings. The van der Waals surface area contributed by atoms with E-state index < -0.39 is 5.97 Å². The van der Waals surface area contributed by atoms with Crippen molar-refractivity contribution in [3.63, 3.8) is 0 Å². The lowest BCUT2D eigenvalue weighted by Crippen LogP contribution is -2.11. The predicted molar refractivity (Wildman–Crippen MR) is 85.2 cm³/mol. The van der Waals surface area contributed by atoms with Gasteiger partial charge in [-0.3, -0.25) is 4.79 Å². The highest BCUT2D eigenvalue weighted by Gasteiger charge is 2.04. The lowest BCUT2D eigenvalue weighted by Gasteiger charge is -2.08. The van der Waals surface area contributed by atoms with Gasteiger partial charge in [-0.2, -0.15) is 0 Å². The number of hydrogen-bond acceptors (Lipinski definition) is 2. The number of anilines is 1. The average molecular weight is 289 g/mol. The first-order valence-electron chi connectivity index (χ1n) is 7.34. The summed E-state index contributed by atoms with van der Waals surface area (Å²) < 4.78 is 0. The minimum Gasteiger partial charge on any atom is -0.478 e. The zero-order chi connectivity index (χ0) is 15.7. The summed E-state index contributed by atoms with van der Waals surface area (Å²) in [5, 5.41) is 11.5. The minimum atomic E-state index is -0.986. The Morgan fingerprint density at radius 2 is 2.00 bits per heavy atom. The second kappa shape index (κ2) is 8.95. The van der Waals surface area contributed by atoms with Crippen LogP contribution in [0, 0.1) is 6.92 Å². The SMILES string of the molecule is CCCCCCC(=O)Nc1ccc(C)c(/C=C/C(=O)O)c1. The minimum absolute atomic E-state index is 0.00289. The molecule has 1 amide bonds. The van der Waals surface area contributed by atoms with Gasteiger partial charge in [-0.25, -0.2) is 4.79 Å². The van der Waals surface area contributed by atoms with Gasteiger partial charge in [0.15, 0.2) is 0 Å². The first kappa shape index (κ1) is 17.0. The van der Waals surface area contributed by atoms with Gasteiger partial charge in [0.25, 0.3) is 0 Å². The standard InChI is InChI=1S/C17H23NO3/c1-3-4-5-6-7-16(19)18-15-10-8-13(2)14(12-15)9-11-17(20)21/h8-12H,3-7H2,1-2H3,(H,18,19)(H,20,21)/b11-9+. The summed E-state index contributed by atoms with van der Waals surface area (Å²) in [6, 6.07) is 5.49. The Morgan fingerprint density at radius 3 is 2.67 bits per heavy atom. The number of amides is 1. The second-order valence-corrected chi connectivity index (χ2v) is 5.10. The molecule has 0 heterocycles. The molecule has 0 atom stereocenters. The number of hydrogen-bond donors (Lipinski definition) is 2. The molecule has 0 bridgehead atoms. The highest BCUT2D eigenvalue weighted by Crippen LogP contribution is 2.17. The number of nitrogens with one attached hydrogen (secondary N) is 1. The van der Waals surface area contributed by atoms with Crippen molar-refractivity contribution in [2.45, 2.75) is 46.0 Å². The van der Waals surface area contributed by atoms with Gasteiger partial charge in [-0.1, -0.05) is 32.3 Å². The van der Waals surface area contributed by atoms with E-state index in [0.717, 1.165) is 42.9 Å². The van der Waals surface area contributed by atoms with Gasteiger partial charge in [0.1, 0.15) is 0 Å². The quantitative estimate of drug-likeness (QED) is 0.561. The number of carbonyl (C=O) groups is 2. The molecule has 0 aliphatic carbocycles. The zero-order valence-corrected chi connectivity index (χ0v) is 12.7. The van der Waals surface area contributed by atoms with E-state index in [-0.39, 0.29) is 5.91 Å². The van der Waals surface area contributed by atoms with Crippen molar-refractivity contribution in [2.24, 2.45) is 0 Å². The lowest BCUT2D eigenvalue weighted by molar-refractivity contribution is -0.131. The number of aliphatic carboxylic acids is 1. The Labute approximate surface area is 125 Å². The summed E-state index contributed by atoms with van der Waals surface area (Å²) in [7, 11) is 0. The summed E-state index contributed by atoms with van der Waals surface area (Å²) in [4.78, 5) is 22.4. The van der Waals surface area contributed by atoms with Crippen molar-refractivity contribution in [3.05, 3.63) is 35.4 Å². The maximum atomic E-state index is 11.8. The van der Waals surface area contributed by atoms with Gasteiger partial charge < -0.3 is 10.4 Å². The topological polar surface area (TPSA) is 66.4 Å². The van der Waals surface area contributed by atoms with Crippen molar-refractivity contribution in [1.29, 1.82) is 0 Å². The van der Waals surface area contributed by atoms with Gasteiger partial charge in [-0.15, -0.1) is 0 Å². The van der Waals surface area contributed by atoms with E-state index in [9.17, 15) is 9.59 Å². The molecule has 21 heavy (non-hydrogen) atoms. The highest BCUT2D eigenvalue weighted by atomic mass is 16.4. The Hall–Kier alpha value is -2.10. The van der Waals surface area contributed by atoms with Gasteiger partial charge in [0.05, 0.1) is 0 Å². The fraction of sp³-hybridized carbons (Fsp3) is 0.412. The molecule has 0 aromatic heterocycles. The van der Waals surface area contributed by atoms with Crippen molar-refractivity contribution < 1.29 is 14.7 Å². The van der Waals surface area contributed by atoms with Gasteiger partial charge in [0, 0.05) is 18.2 Å². The van der Waals surface area contributed by atoms with Crippen LogP contribution >= 0.6 is 0 Å². The summed E-state index contributed by atoms with van der Waals surface area (Å²) in [5.41, 5.74) is 2.46. The number of benzene rings is 1. The zero-order valence-electron chi connectivity index (χ0n) is 12.7. The predicted octanol–water partition coefficient (Wildman–Crippen LogP) is 4.00. The smallest absolute Gasteiger partial charge is 0.328 e. The second-order valence-electron chi connectivity index (χ2n) is 5.10.